The maximum atomic E-state index is 11.6. The van der Waals surface area contributed by atoms with Crippen molar-refractivity contribution in [1.82, 2.24) is 0 Å². The molecule has 27 heavy (non-hydrogen) atoms. The van der Waals surface area contributed by atoms with Gasteiger partial charge in [-0.15, -0.1) is 0 Å². The SMILES string of the molecule is CC(=CCOc1c2occc2cc2ccc(=O)oc12)C[C@H]1C=C(C)C(=O)O1. The maximum absolute atomic E-state index is 11.6. The second kappa shape index (κ2) is 6.79. The first-order valence-corrected chi connectivity index (χ1v) is 8.63. The van der Waals surface area contributed by atoms with E-state index in [-0.39, 0.29) is 18.7 Å². The Bertz CT molecular complexity index is 1140. The van der Waals surface area contributed by atoms with Crippen LogP contribution in [0.1, 0.15) is 20.3 Å². The summed E-state index contributed by atoms with van der Waals surface area (Å²) in [5.41, 5.74) is 2.10. The number of rotatable bonds is 5. The zero-order chi connectivity index (χ0) is 19.0. The average Bonchev–Trinajstić information content (AvgIpc) is 3.21. The largest absolute Gasteiger partial charge is 0.482 e. The first kappa shape index (κ1) is 17.1. The van der Waals surface area contributed by atoms with E-state index >= 15 is 0 Å². The fourth-order valence-electron chi connectivity index (χ4n) is 3.12. The molecule has 4 rings (SSSR count). The van der Waals surface area contributed by atoms with Crippen LogP contribution in [0.3, 0.4) is 0 Å². The van der Waals surface area contributed by atoms with E-state index in [9.17, 15) is 9.59 Å². The van der Waals surface area contributed by atoms with Crippen molar-refractivity contribution in [2.45, 2.75) is 26.4 Å². The van der Waals surface area contributed by atoms with Gasteiger partial charge in [-0.05, 0) is 44.2 Å². The van der Waals surface area contributed by atoms with Crippen LogP contribution in [-0.4, -0.2) is 18.7 Å². The topological polar surface area (TPSA) is 78.9 Å². The third-order valence-electron chi connectivity index (χ3n) is 4.48. The van der Waals surface area contributed by atoms with Crippen molar-refractivity contribution in [3.8, 4) is 5.75 Å². The number of hydrogen-bond donors (Lipinski definition) is 0. The molecule has 3 heterocycles. The van der Waals surface area contributed by atoms with E-state index in [1.165, 1.54) is 6.07 Å². The van der Waals surface area contributed by atoms with Gasteiger partial charge in [0.05, 0.1) is 6.26 Å². The van der Waals surface area contributed by atoms with Crippen LogP contribution < -0.4 is 10.4 Å². The van der Waals surface area contributed by atoms with E-state index in [1.54, 1.807) is 19.3 Å². The predicted molar refractivity (Wildman–Crippen MR) is 99.8 cm³/mol. The Balaban J connectivity index is 1.56. The number of esters is 1. The van der Waals surface area contributed by atoms with Crippen LogP contribution >= 0.6 is 0 Å². The van der Waals surface area contributed by atoms with Gasteiger partial charge in [-0.2, -0.15) is 0 Å². The smallest absolute Gasteiger partial charge is 0.336 e. The highest BCUT2D eigenvalue weighted by atomic mass is 16.5. The van der Waals surface area contributed by atoms with E-state index in [2.05, 4.69) is 0 Å². The molecule has 138 valence electrons. The van der Waals surface area contributed by atoms with Crippen molar-refractivity contribution in [2.75, 3.05) is 6.61 Å². The van der Waals surface area contributed by atoms with Gasteiger partial charge in [-0.25, -0.2) is 9.59 Å². The summed E-state index contributed by atoms with van der Waals surface area (Å²) < 4.78 is 22.0. The number of ether oxygens (including phenoxy) is 2. The number of fused-ring (bicyclic) bond motifs is 2. The van der Waals surface area contributed by atoms with Crippen LogP contribution in [-0.2, 0) is 9.53 Å². The summed E-state index contributed by atoms with van der Waals surface area (Å²) in [6.07, 6.45) is 5.67. The third kappa shape index (κ3) is 3.38. The van der Waals surface area contributed by atoms with Crippen molar-refractivity contribution >= 4 is 27.9 Å². The minimum Gasteiger partial charge on any atom is -0.482 e. The lowest BCUT2D eigenvalue weighted by Gasteiger charge is -2.10. The molecule has 6 nitrogen and oxygen atoms in total. The maximum Gasteiger partial charge on any atom is 0.336 e. The standard InChI is InChI=1S/C21H18O6/c1-12(9-16-10-13(2)21(23)26-16)5-7-25-20-18-15(6-8-24-18)11-14-3-4-17(22)27-19(14)20/h3-6,8,10-11,16H,7,9H2,1-2H3/t16-/m0/s1. The molecule has 0 spiro atoms. The summed E-state index contributed by atoms with van der Waals surface area (Å²) in [4.78, 5) is 23.1. The minimum atomic E-state index is -0.449. The van der Waals surface area contributed by atoms with E-state index in [1.807, 2.05) is 31.2 Å². The van der Waals surface area contributed by atoms with Crippen molar-refractivity contribution < 1.29 is 23.1 Å². The highest BCUT2D eigenvalue weighted by Gasteiger charge is 2.22. The molecule has 1 aliphatic heterocycles. The lowest BCUT2D eigenvalue weighted by Crippen LogP contribution is -2.08. The number of furan rings is 1. The summed E-state index contributed by atoms with van der Waals surface area (Å²) in [6, 6.07) is 6.79. The van der Waals surface area contributed by atoms with Crippen molar-refractivity contribution in [3.63, 3.8) is 0 Å². The van der Waals surface area contributed by atoms with Gasteiger partial charge in [0.1, 0.15) is 12.7 Å². The quantitative estimate of drug-likeness (QED) is 0.384. The van der Waals surface area contributed by atoms with Gasteiger partial charge in [0.15, 0.2) is 11.2 Å². The van der Waals surface area contributed by atoms with Crippen LogP contribution in [0.5, 0.6) is 5.75 Å². The Kier molecular flexibility index (Phi) is 4.32. The van der Waals surface area contributed by atoms with Gasteiger partial charge in [-0.3, -0.25) is 0 Å². The molecular weight excluding hydrogens is 348 g/mol. The molecule has 0 fully saturated rings. The van der Waals surface area contributed by atoms with Gasteiger partial charge in [0.2, 0.25) is 5.75 Å². The number of benzene rings is 1. The number of carbonyl (C=O) groups excluding carboxylic acids is 1. The van der Waals surface area contributed by atoms with Crippen LogP contribution in [0.15, 0.2) is 67.5 Å². The van der Waals surface area contributed by atoms with Crippen LogP contribution in [0.4, 0.5) is 0 Å². The third-order valence-corrected chi connectivity index (χ3v) is 4.48. The Morgan fingerprint density at radius 1 is 1.19 bits per heavy atom. The molecule has 2 aromatic heterocycles. The highest BCUT2D eigenvalue weighted by molar-refractivity contribution is 5.99. The number of carbonyl (C=O) groups is 1. The summed E-state index contributed by atoms with van der Waals surface area (Å²) in [5.74, 6) is 0.132. The molecule has 3 aromatic rings. The van der Waals surface area contributed by atoms with E-state index in [4.69, 9.17) is 18.3 Å². The monoisotopic (exact) mass is 366 g/mol. The normalized spacial score (nSPS) is 17.4. The zero-order valence-corrected chi connectivity index (χ0v) is 15.0. The second-order valence-electron chi connectivity index (χ2n) is 6.58. The van der Waals surface area contributed by atoms with Crippen molar-refractivity contribution in [1.29, 1.82) is 0 Å². The molecule has 0 N–H and O–H groups in total. The fourth-order valence-corrected chi connectivity index (χ4v) is 3.12. The summed E-state index contributed by atoms with van der Waals surface area (Å²) >= 11 is 0. The van der Waals surface area contributed by atoms with Crippen LogP contribution in [0, 0.1) is 0 Å². The van der Waals surface area contributed by atoms with E-state index < -0.39 is 5.63 Å². The average molecular weight is 366 g/mol. The molecule has 0 saturated carbocycles. The zero-order valence-electron chi connectivity index (χ0n) is 15.0. The molecular formula is C21H18O6. The number of hydrogen-bond acceptors (Lipinski definition) is 6. The van der Waals surface area contributed by atoms with Gasteiger partial charge in [0, 0.05) is 28.8 Å². The van der Waals surface area contributed by atoms with Crippen LogP contribution in [0.2, 0.25) is 0 Å². The first-order chi connectivity index (χ1) is 13.0. The van der Waals surface area contributed by atoms with Gasteiger partial charge < -0.3 is 18.3 Å². The van der Waals surface area contributed by atoms with E-state index in [0.717, 1.165) is 16.3 Å². The van der Waals surface area contributed by atoms with Gasteiger partial charge in [0.25, 0.3) is 0 Å². The molecule has 0 saturated heterocycles. The highest BCUT2D eigenvalue weighted by Crippen LogP contribution is 2.35. The lowest BCUT2D eigenvalue weighted by atomic mass is 10.1. The Labute approximate surface area is 154 Å². The molecule has 6 heteroatoms. The van der Waals surface area contributed by atoms with Gasteiger partial charge in [-0.1, -0.05) is 5.57 Å². The van der Waals surface area contributed by atoms with Crippen molar-refractivity contribution in [3.05, 3.63) is 64.2 Å². The molecule has 1 atom stereocenters. The molecule has 0 radical (unpaired) electrons. The Hall–Kier alpha value is -3.28. The Morgan fingerprint density at radius 2 is 2.00 bits per heavy atom. The summed E-state index contributed by atoms with van der Waals surface area (Å²) in [7, 11) is 0. The Morgan fingerprint density at radius 3 is 2.78 bits per heavy atom. The van der Waals surface area contributed by atoms with E-state index in [0.29, 0.717) is 28.9 Å². The fraction of sp³-hybridized carbons (Fsp3) is 0.238. The second-order valence-corrected chi connectivity index (χ2v) is 6.58. The molecule has 0 amide bonds. The summed E-state index contributed by atoms with van der Waals surface area (Å²) in [6.45, 7) is 3.96. The molecule has 0 unspecified atom stereocenters. The minimum absolute atomic E-state index is 0.235. The molecule has 1 aliphatic rings. The number of cyclic esters (lactones) is 1. The molecule has 1 aromatic carbocycles. The summed E-state index contributed by atoms with van der Waals surface area (Å²) in [5, 5.41) is 1.63. The van der Waals surface area contributed by atoms with Gasteiger partial charge >= 0.3 is 11.6 Å². The lowest BCUT2D eigenvalue weighted by molar-refractivity contribution is -0.139. The predicted octanol–water partition coefficient (Wildman–Crippen LogP) is 4.13. The first-order valence-electron chi connectivity index (χ1n) is 8.63. The van der Waals surface area contributed by atoms with Crippen LogP contribution in [0.25, 0.3) is 21.9 Å². The molecule has 0 bridgehead atoms. The molecule has 0 aliphatic carbocycles. The van der Waals surface area contributed by atoms with Crippen molar-refractivity contribution in [2.24, 2.45) is 0 Å².